The number of aromatic nitrogens is 3. The van der Waals surface area contributed by atoms with Gasteiger partial charge in [0.1, 0.15) is 5.69 Å². The number of rotatable bonds is 4. The highest BCUT2D eigenvalue weighted by Gasteiger charge is 2.42. The van der Waals surface area contributed by atoms with Crippen LogP contribution >= 0.6 is 11.6 Å². The quantitative estimate of drug-likeness (QED) is 0.488. The van der Waals surface area contributed by atoms with Crippen molar-refractivity contribution in [1.82, 2.24) is 19.7 Å². The van der Waals surface area contributed by atoms with E-state index in [9.17, 15) is 14.0 Å². The summed E-state index contributed by atoms with van der Waals surface area (Å²) in [6, 6.07) is 10.5. The smallest absolute Gasteiger partial charge is 0.276 e. The van der Waals surface area contributed by atoms with Crippen LogP contribution in [0.3, 0.4) is 0 Å². The van der Waals surface area contributed by atoms with Gasteiger partial charge in [-0.3, -0.25) is 14.3 Å². The third kappa shape index (κ3) is 5.23. The van der Waals surface area contributed by atoms with Crippen molar-refractivity contribution in [2.45, 2.75) is 45.1 Å². The van der Waals surface area contributed by atoms with Gasteiger partial charge in [0.2, 0.25) is 5.91 Å². The molecule has 1 N–H and O–H groups in total. The number of carbonyl (C=O) groups is 2. The first kappa shape index (κ1) is 25.0. The second kappa shape index (κ2) is 10.3. The van der Waals surface area contributed by atoms with Crippen LogP contribution in [0.4, 0.5) is 10.2 Å². The van der Waals surface area contributed by atoms with E-state index in [0.29, 0.717) is 31.5 Å². The Bertz CT molecular complexity index is 1380. The first-order valence-electron chi connectivity index (χ1n) is 12.4. The summed E-state index contributed by atoms with van der Waals surface area (Å²) in [5.74, 6) is 4.52. The molecule has 1 aliphatic heterocycles. The number of nitrogens with zero attached hydrogens (tertiary/aromatic N) is 4. The number of hydrogen-bond acceptors (Lipinski definition) is 4. The van der Waals surface area contributed by atoms with Crippen molar-refractivity contribution < 1.29 is 14.0 Å². The van der Waals surface area contributed by atoms with Gasteiger partial charge < -0.3 is 10.2 Å². The lowest BCUT2D eigenvalue weighted by molar-refractivity contribution is -0.147. The van der Waals surface area contributed by atoms with Crippen LogP contribution in [-0.4, -0.2) is 44.6 Å². The molecule has 1 saturated carbocycles. The predicted molar refractivity (Wildman–Crippen MR) is 139 cm³/mol. The molecular formula is C28H27ClFN5O2. The van der Waals surface area contributed by atoms with Gasteiger partial charge in [0.25, 0.3) is 5.91 Å². The highest BCUT2D eigenvalue weighted by Crippen LogP contribution is 2.42. The van der Waals surface area contributed by atoms with E-state index in [1.807, 2.05) is 42.2 Å². The molecule has 1 saturated heterocycles. The number of likely N-dealkylation sites (tertiary alicyclic amines) is 1. The summed E-state index contributed by atoms with van der Waals surface area (Å²) >= 11 is 6.31. The van der Waals surface area contributed by atoms with E-state index in [1.165, 1.54) is 18.5 Å². The fourth-order valence-electron chi connectivity index (χ4n) is 4.88. The zero-order valence-electron chi connectivity index (χ0n) is 20.5. The SMILES string of the molecule is CC1(C(=O)N2CCC(n3ncc(Cl)c3C(=O)Nc3ncc(C#Cc4ccccc4)cc3F)CC2)CCC1. The van der Waals surface area contributed by atoms with Crippen molar-refractivity contribution >= 4 is 29.2 Å². The minimum Gasteiger partial charge on any atom is -0.342 e. The number of nitrogens with one attached hydrogen (secondary N) is 1. The van der Waals surface area contributed by atoms with Gasteiger partial charge in [-0.25, -0.2) is 9.37 Å². The molecule has 190 valence electrons. The molecule has 0 spiro atoms. The van der Waals surface area contributed by atoms with Crippen molar-refractivity contribution in [1.29, 1.82) is 0 Å². The monoisotopic (exact) mass is 519 g/mol. The number of amides is 2. The average Bonchev–Trinajstić information content (AvgIpc) is 3.29. The summed E-state index contributed by atoms with van der Waals surface area (Å²) in [4.78, 5) is 31.9. The van der Waals surface area contributed by atoms with Crippen LogP contribution in [0, 0.1) is 23.1 Å². The second-order valence-electron chi connectivity index (χ2n) is 9.85. The zero-order chi connectivity index (χ0) is 26.0. The van der Waals surface area contributed by atoms with E-state index in [4.69, 9.17) is 11.6 Å². The van der Waals surface area contributed by atoms with Crippen LogP contribution in [0.2, 0.25) is 5.02 Å². The minimum absolute atomic E-state index is 0.0973. The molecule has 0 bridgehead atoms. The third-order valence-corrected chi connectivity index (χ3v) is 7.51. The van der Waals surface area contributed by atoms with Crippen molar-refractivity contribution in [2.24, 2.45) is 5.41 Å². The summed E-state index contributed by atoms with van der Waals surface area (Å²) in [5.41, 5.74) is 1.11. The second-order valence-corrected chi connectivity index (χ2v) is 10.3. The van der Waals surface area contributed by atoms with Gasteiger partial charge in [-0.15, -0.1) is 0 Å². The molecule has 2 aliphatic rings. The third-order valence-electron chi connectivity index (χ3n) is 7.23. The van der Waals surface area contributed by atoms with E-state index in [-0.39, 0.29) is 33.9 Å². The Labute approximate surface area is 220 Å². The number of benzene rings is 1. The first-order valence-corrected chi connectivity index (χ1v) is 12.8. The molecular weight excluding hydrogens is 493 g/mol. The van der Waals surface area contributed by atoms with Gasteiger partial charge in [0.15, 0.2) is 11.6 Å². The molecule has 5 rings (SSSR count). The summed E-state index contributed by atoms with van der Waals surface area (Å²) in [5, 5.41) is 7.01. The maximum Gasteiger partial charge on any atom is 0.276 e. The highest BCUT2D eigenvalue weighted by atomic mass is 35.5. The van der Waals surface area contributed by atoms with E-state index in [2.05, 4.69) is 27.2 Å². The molecule has 37 heavy (non-hydrogen) atoms. The number of pyridine rings is 1. The van der Waals surface area contributed by atoms with E-state index in [1.54, 1.807) is 4.68 Å². The number of hydrogen-bond donors (Lipinski definition) is 1. The number of halogens is 2. The largest absolute Gasteiger partial charge is 0.342 e. The normalized spacial score (nSPS) is 16.9. The standard InChI is InChI=1S/C28H27ClFN5O2/c1-28(12-5-13-28)27(37)34-14-10-21(11-15-34)35-24(22(29)18-32-35)26(36)33-25-23(30)16-20(17-31-25)9-8-19-6-3-2-4-7-19/h2-4,6-7,16-18,21H,5,10-15H2,1H3,(H,31,33,36). The fourth-order valence-corrected chi connectivity index (χ4v) is 5.09. The summed E-state index contributed by atoms with van der Waals surface area (Å²) in [6.45, 7) is 3.23. The van der Waals surface area contributed by atoms with Crippen LogP contribution in [0.25, 0.3) is 0 Å². The Kier molecular flexibility index (Phi) is 6.98. The van der Waals surface area contributed by atoms with E-state index in [0.717, 1.165) is 24.8 Å². The molecule has 2 amide bonds. The Morgan fingerprint density at radius 1 is 1.11 bits per heavy atom. The number of carbonyl (C=O) groups excluding carboxylic acids is 2. The minimum atomic E-state index is -0.702. The highest BCUT2D eigenvalue weighted by molar-refractivity contribution is 6.34. The summed E-state index contributed by atoms with van der Waals surface area (Å²) in [7, 11) is 0. The van der Waals surface area contributed by atoms with Crippen molar-refractivity contribution in [3.8, 4) is 11.8 Å². The molecule has 2 aromatic heterocycles. The lowest BCUT2D eigenvalue weighted by Gasteiger charge is -2.43. The van der Waals surface area contributed by atoms with Gasteiger partial charge in [0.05, 0.1) is 17.3 Å². The first-order chi connectivity index (χ1) is 17.8. The Balaban J connectivity index is 1.26. The predicted octanol–water partition coefficient (Wildman–Crippen LogP) is 5.08. The molecule has 0 atom stereocenters. The topological polar surface area (TPSA) is 80.1 Å². The molecule has 2 fully saturated rings. The lowest BCUT2D eigenvalue weighted by Crippen LogP contribution is -2.49. The van der Waals surface area contributed by atoms with Gasteiger partial charge in [-0.05, 0) is 43.9 Å². The molecule has 3 heterocycles. The molecule has 1 aromatic carbocycles. The van der Waals surface area contributed by atoms with Gasteiger partial charge in [-0.2, -0.15) is 5.10 Å². The summed E-state index contributed by atoms with van der Waals surface area (Å²) < 4.78 is 16.3. The number of anilines is 1. The molecule has 0 radical (unpaired) electrons. The lowest BCUT2D eigenvalue weighted by atomic mass is 9.69. The Hall–Kier alpha value is -3.70. The molecule has 7 nitrogen and oxygen atoms in total. The Morgan fingerprint density at radius 3 is 2.46 bits per heavy atom. The molecule has 0 unspecified atom stereocenters. The van der Waals surface area contributed by atoms with E-state index >= 15 is 0 Å². The van der Waals surface area contributed by atoms with Gasteiger partial charge in [-0.1, -0.05) is 55.0 Å². The molecule has 1 aliphatic carbocycles. The van der Waals surface area contributed by atoms with Crippen LogP contribution in [0.15, 0.2) is 48.8 Å². The fraction of sp³-hybridized carbons (Fsp3) is 0.357. The van der Waals surface area contributed by atoms with Crippen molar-refractivity contribution in [2.75, 3.05) is 18.4 Å². The zero-order valence-corrected chi connectivity index (χ0v) is 21.3. The van der Waals surface area contributed by atoms with Crippen LogP contribution in [0.5, 0.6) is 0 Å². The molecule has 3 aromatic rings. The van der Waals surface area contributed by atoms with E-state index < -0.39 is 11.7 Å². The van der Waals surface area contributed by atoms with Crippen molar-refractivity contribution in [3.63, 3.8) is 0 Å². The van der Waals surface area contributed by atoms with Crippen LogP contribution in [0.1, 0.15) is 66.7 Å². The summed E-state index contributed by atoms with van der Waals surface area (Å²) in [6.07, 6.45) is 7.11. The number of piperidine rings is 1. The molecule has 9 heteroatoms. The van der Waals surface area contributed by atoms with Crippen LogP contribution in [-0.2, 0) is 4.79 Å². The Morgan fingerprint density at radius 2 is 1.81 bits per heavy atom. The average molecular weight is 520 g/mol. The van der Waals surface area contributed by atoms with Crippen LogP contribution < -0.4 is 5.32 Å². The van der Waals surface area contributed by atoms with Gasteiger partial charge >= 0.3 is 0 Å². The van der Waals surface area contributed by atoms with Crippen molar-refractivity contribution in [3.05, 3.63) is 76.5 Å². The van der Waals surface area contributed by atoms with Gasteiger partial charge in [0, 0.05) is 35.8 Å². The maximum absolute atomic E-state index is 14.7. The maximum atomic E-state index is 14.7.